The van der Waals surface area contributed by atoms with Crippen molar-refractivity contribution < 1.29 is 19.4 Å². The molecule has 1 saturated heterocycles. The number of rotatable bonds is 1. The van der Waals surface area contributed by atoms with Crippen molar-refractivity contribution in [1.82, 2.24) is 0 Å². The summed E-state index contributed by atoms with van der Waals surface area (Å²) >= 11 is 2.17. The van der Waals surface area contributed by atoms with Gasteiger partial charge in [-0.05, 0) is 6.92 Å². The predicted octanol–water partition coefficient (Wildman–Crippen LogP) is 0.849. The van der Waals surface area contributed by atoms with Crippen LogP contribution in [0.25, 0.3) is 0 Å². The van der Waals surface area contributed by atoms with E-state index in [-0.39, 0.29) is 22.1 Å². The van der Waals surface area contributed by atoms with Crippen LogP contribution in [0.2, 0.25) is 0 Å². The number of carbonyl (C=O) groups is 1. The molecule has 0 radical (unpaired) electrons. The minimum Gasteiger partial charge on any atom is -0.459 e. The molecule has 0 amide bonds. The Kier molecular flexibility index (Phi) is 3.93. The van der Waals surface area contributed by atoms with Gasteiger partial charge in [0.2, 0.25) is 0 Å². The number of alkyl halides is 1. The molecule has 1 N–H and O–H groups in total. The standard InChI is InChI=1S/C8H13IO4/c1-4-8(13-5(2)10)6(9)3-7(11)12-4/h4,6-8,11H,3H2,1-2H3/t4-,6-,7+,8-/m0/s1. The number of ether oxygens (including phenoxy) is 2. The molecule has 76 valence electrons. The normalized spacial score (nSPS) is 40.0. The fraction of sp³-hybridized carbons (Fsp3) is 0.875. The number of carbonyl (C=O) groups excluding carboxylic acids is 1. The Morgan fingerprint density at radius 1 is 1.69 bits per heavy atom. The molecule has 1 aliphatic rings. The van der Waals surface area contributed by atoms with E-state index in [1.165, 1.54) is 6.92 Å². The highest BCUT2D eigenvalue weighted by atomic mass is 127. The van der Waals surface area contributed by atoms with Crippen LogP contribution in [0.3, 0.4) is 0 Å². The fourth-order valence-corrected chi connectivity index (χ4v) is 2.53. The summed E-state index contributed by atoms with van der Waals surface area (Å²) in [5.74, 6) is -0.307. The van der Waals surface area contributed by atoms with E-state index in [1.807, 2.05) is 0 Å². The molecule has 1 rings (SSSR count). The Bertz CT molecular complexity index is 185. The van der Waals surface area contributed by atoms with Crippen LogP contribution < -0.4 is 0 Å². The van der Waals surface area contributed by atoms with Gasteiger partial charge < -0.3 is 14.6 Å². The summed E-state index contributed by atoms with van der Waals surface area (Å²) < 4.78 is 10.3. The van der Waals surface area contributed by atoms with Crippen molar-refractivity contribution in [2.75, 3.05) is 0 Å². The molecule has 0 aromatic rings. The second kappa shape index (κ2) is 4.56. The molecule has 0 aromatic heterocycles. The maximum Gasteiger partial charge on any atom is 0.303 e. The fourth-order valence-electron chi connectivity index (χ4n) is 1.36. The summed E-state index contributed by atoms with van der Waals surface area (Å²) in [4.78, 5) is 10.7. The molecule has 0 bridgehead atoms. The molecule has 5 heteroatoms. The third-order valence-electron chi connectivity index (χ3n) is 1.92. The van der Waals surface area contributed by atoms with Gasteiger partial charge in [-0.2, -0.15) is 0 Å². The van der Waals surface area contributed by atoms with E-state index in [0.29, 0.717) is 6.42 Å². The van der Waals surface area contributed by atoms with Crippen LogP contribution in [0, 0.1) is 0 Å². The van der Waals surface area contributed by atoms with E-state index in [2.05, 4.69) is 22.6 Å². The number of hydrogen-bond acceptors (Lipinski definition) is 4. The van der Waals surface area contributed by atoms with Gasteiger partial charge in [-0.25, -0.2) is 0 Å². The molecular formula is C8H13IO4. The zero-order chi connectivity index (χ0) is 10.0. The van der Waals surface area contributed by atoms with E-state index in [9.17, 15) is 9.90 Å². The number of hydrogen-bond donors (Lipinski definition) is 1. The number of halogens is 1. The highest BCUT2D eigenvalue weighted by molar-refractivity contribution is 14.1. The third-order valence-corrected chi connectivity index (χ3v) is 3.14. The lowest BCUT2D eigenvalue weighted by Crippen LogP contribution is -2.46. The summed E-state index contributed by atoms with van der Waals surface area (Å²) in [5, 5.41) is 9.23. The van der Waals surface area contributed by atoms with E-state index >= 15 is 0 Å². The molecule has 0 unspecified atom stereocenters. The first-order chi connectivity index (χ1) is 6.00. The molecule has 0 spiro atoms. The van der Waals surface area contributed by atoms with Crippen LogP contribution in [0.1, 0.15) is 20.3 Å². The van der Waals surface area contributed by atoms with Crippen molar-refractivity contribution in [3.63, 3.8) is 0 Å². The van der Waals surface area contributed by atoms with Crippen molar-refractivity contribution in [2.24, 2.45) is 0 Å². The van der Waals surface area contributed by atoms with Crippen molar-refractivity contribution in [3.8, 4) is 0 Å². The van der Waals surface area contributed by atoms with Crippen LogP contribution in [0.4, 0.5) is 0 Å². The smallest absolute Gasteiger partial charge is 0.303 e. The van der Waals surface area contributed by atoms with Crippen LogP contribution in [-0.2, 0) is 14.3 Å². The number of aliphatic hydroxyl groups is 1. The maximum absolute atomic E-state index is 10.7. The number of aliphatic hydroxyl groups excluding tert-OH is 1. The molecular weight excluding hydrogens is 287 g/mol. The highest BCUT2D eigenvalue weighted by Gasteiger charge is 2.36. The first-order valence-corrected chi connectivity index (χ1v) is 5.40. The van der Waals surface area contributed by atoms with Gasteiger partial charge in [0.05, 0.1) is 10.0 Å². The molecule has 0 aliphatic carbocycles. The molecule has 1 fully saturated rings. The quantitative estimate of drug-likeness (QED) is 0.443. The second-order valence-electron chi connectivity index (χ2n) is 3.12. The van der Waals surface area contributed by atoms with Crippen molar-refractivity contribution in [2.45, 2.75) is 42.7 Å². The van der Waals surface area contributed by atoms with Crippen molar-refractivity contribution >= 4 is 28.6 Å². The van der Waals surface area contributed by atoms with Crippen LogP contribution in [-0.4, -0.2) is 33.5 Å². The van der Waals surface area contributed by atoms with Gasteiger partial charge in [0.15, 0.2) is 6.29 Å². The lowest BCUT2D eigenvalue weighted by atomic mass is 10.1. The van der Waals surface area contributed by atoms with E-state index in [4.69, 9.17) is 9.47 Å². The highest BCUT2D eigenvalue weighted by Crippen LogP contribution is 2.27. The lowest BCUT2D eigenvalue weighted by Gasteiger charge is -2.35. The average Bonchev–Trinajstić information content (AvgIpc) is 1.96. The third kappa shape index (κ3) is 3.07. The first kappa shape index (κ1) is 11.2. The lowest BCUT2D eigenvalue weighted by molar-refractivity contribution is -0.201. The molecule has 1 heterocycles. The van der Waals surface area contributed by atoms with Gasteiger partial charge in [-0.3, -0.25) is 4.79 Å². The van der Waals surface area contributed by atoms with E-state index < -0.39 is 6.29 Å². The van der Waals surface area contributed by atoms with Crippen LogP contribution in [0.5, 0.6) is 0 Å². The first-order valence-electron chi connectivity index (χ1n) is 4.15. The van der Waals surface area contributed by atoms with Crippen molar-refractivity contribution in [1.29, 1.82) is 0 Å². The second-order valence-corrected chi connectivity index (χ2v) is 4.72. The Hall–Kier alpha value is 0.120. The minimum absolute atomic E-state index is 0.111. The monoisotopic (exact) mass is 300 g/mol. The van der Waals surface area contributed by atoms with Gasteiger partial charge in [-0.1, -0.05) is 22.6 Å². The van der Waals surface area contributed by atoms with Gasteiger partial charge in [-0.15, -0.1) is 0 Å². The van der Waals surface area contributed by atoms with Gasteiger partial charge in [0.25, 0.3) is 0 Å². The molecule has 0 aromatic carbocycles. The minimum atomic E-state index is -0.733. The molecule has 13 heavy (non-hydrogen) atoms. The summed E-state index contributed by atoms with van der Waals surface area (Å²) in [5.41, 5.74) is 0. The molecule has 4 nitrogen and oxygen atoms in total. The molecule has 1 aliphatic heterocycles. The van der Waals surface area contributed by atoms with Crippen LogP contribution in [0.15, 0.2) is 0 Å². The van der Waals surface area contributed by atoms with Crippen molar-refractivity contribution in [3.05, 3.63) is 0 Å². The summed E-state index contributed by atoms with van der Waals surface area (Å²) in [7, 11) is 0. The Balaban J connectivity index is 2.56. The maximum atomic E-state index is 10.7. The largest absolute Gasteiger partial charge is 0.459 e. The zero-order valence-electron chi connectivity index (χ0n) is 7.57. The van der Waals surface area contributed by atoms with E-state index in [0.717, 1.165) is 0 Å². The summed E-state index contributed by atoms with van der Waals surface area (Å²) in [6.07, 6.45) is -0.720. The van der Waals surface area contributed by atoms with Gasteiger partial charge >= 0.3 is 5.97 Å². The van der Waals surface area contributed by atoms with Gasteiger partial charge in [0, 0.05) is 13.3 Å². The summed E-state index contributed by atoms with van der Waals surface area (Å²) in [6, 6.07) is 0. The van der Waals surface area contributed by atoms with Gasteiger partial charge in [0.1, 0.15) is 6.10 Å². The van der Waals surface area contributed by atoms with Crippen LogP contribution >= 0.6 is 22.6 Å². The zero-order valence-corrected chi connectivity index (χ0v) is 9.72. The SMILES string of the molecule is CC(=O)O[C@H]1[C@H](C)O[C@@H](O)C[C@@H]1I. The topological polar surface area (TPSA) is 55.8 Å². The van der Waals surface area contributed by atoms with E-state index in [1.54, 1.807) is 6.92 Å². The Morgan fingerprint density at radius 2 is 2.31 bits per heavy atom. The molecule has 4 atom stereocenters. The summed E-state index contributed by atoms with van der Waals surface area (Å²) in [6.45, 7) is 3.17. The Labute approximate surface area is 90.7 Å². The molecule has 0 saturated carbocycles. The predicted molar refractivity (Wildman–Crippen MR) is 54.5 cm³/mol. The number of esters is 1. The Morgan fingerprint density at radius 3 is 2.77 bits per heavy atom. The average molecular weight is 300 g/mol.